The summed E-state index contributed by atoms with van der Waals surface area (Å²) < 4.78 is 4.95. The zero-order chi connectivity index (χ0) is 9.07. The third kappa shape index (κ3) is 10.3. The smallest absolute Gasteiger partial charge is 0.0552 e. The molecule has 12 heavy (non-hydrogen) atoms. The summed E-state index contributed by atoms with van der Waals surface area (Å²) in [6.07, 6.45) is 2.62. The van der Waals surface area contributed by atoms with Gasteiger partial charge in [-0.05, 0) is 31.7 Å². The van der Waals surface area contributed by atoms with Crippen molar-refractivity contribution in [3.63, 3.8) is 0 Å². The van der Waals surface area contributed by atoms with E-state index in [-0.39, 0.29) is 0 Å². The van der Waals surface area contributed by atoms with Gasteiger partial charge in [0.15, 0.2) is 0 Å². The number of ether oxygens (including phenoxy) is 1. The second-order valence-electron chi connectivity index (χ2n) is 2.67. The zero-order valence-corrected chi connectivity index (χ0v) is 9.08. The molecule has 0 aromatic carbocycles. The molecule has 0 spiro atoms. The molecule has 0 atom stereocenters. The Kier molecular flexibility index (Phi) is 11.5. The van der Waals surface area contributed by atoms with Crippen LogP contribution in [0.1, 0.15) is 19.8 Å². The fraction of sp³-hybridized carbons (Fsp3) is 1.00. The molecule has 74 valence electrons. The highest BCUT2D eigenvalue weighted by Gasteiger charge is 1.89. The van der Waals surface area contributed by atoms with Crippen molar-refractivity contribution in [3.05, 3.63) is 0 Å². The van der Waals surface area contributed by atoms with Crippen LogP contribution in [0.4, 0.5) is 0 Å². The van der Waals surface area contributed by atoms with E-state index in [0.29, 0.717) is 0 Å². The predicted octanol–water partition coefficient (Wildman–Crippen LogP) is 1.76. The first-order valence-electron chi connectivity index (χ1n) is 4.69. The lowest BCUT2D eigenvalue weighted by atomic mass is 10.3. The molecule has 1 N–H and O–H groups in total. The van der Waals surface area contributed by atoms with Crippen LogP contribution in [0.5, 0.6) is 0 Å². The van der Waals surface area contributed by atoms with Gasteiger partial charge in [0.05, 0.1) is 6.61 Å². The van der Waals surface area contributed by atoms with Crippen LogP contribution in [-0.2, 0) is 4.74 Å². The highest BCUT2D eigenvalue weighted by molar-refractivity contribution is 7.99. The first-order chi connectivity index (χ1) is 5.91. The van der Waals surface area contributed by atoms with Gasteiger partial charge in [0.1, 0.15) is 0 Å². The minimum atomic E-state index is 0.887. The molecule has 3 heteroatoms. The van der Waals surface area contributed by atoms with Gasteiger partial charge in [-0.25, -0.2) is 0 Å². The van der Waals surface area contributed by atoms with Crippen LogP contribution in [-0.4, -0.2) is 38.3 Å². The zero-order valence-electron chi connectivity index (χ0n) is 8.27. The molecular formula is C9H21NOS. The molecule has 0 unspecified atom stereocenters. The highest BCUT2D eigenvalue weighted by atomic mass is 32.2. The van der Waals surface area contributed by atoms with Gasteiger partial charge in [-0.3, -0.25) is 0 Å². The average Bonchev–Trinajstić information content (AvgIpc) is 2.10. The van der Waals surface area contributed by atoms with Crippen molar-refractivity contribution in [2.45, 2.75) is 19.8 Å². The second kappa shape index (κ2) is 11.3. The monoisotopic (exact) mass is 191 g/mol. The topological polar surface area (TPSA) is 21.3 Å². The van der Waals surface area contributed by atoms with Crippen LogP contribution in [0.15, 0.2) is 0 Å². The average molecular weight is 191 g/mol. The summed E-state index contributed by atoms with van der Waals surface area (Å²) in [5.41, 5.74) is 0. The Morgan fingerprint density at radius 3 is 2.75 bits per heavy atom. The van der Waals surface area contributed by atoms with Gasteiger partial charge < -0.3 is 10.1 Å². The second-order valence-corrected chi connectivity index (χ2v) is 3.89. The van der Waals surface area contributed by atoms with E-state index in [1.807, 2.05) is 11.8 Å². The summed E-state index contributed by atoms with van der Waals surface area (Å²) in [4.78, 5) is 0. The van der Waals surface area contributed by atoms with Crippen molar-refractivity contribution >= 4 is 11.8 Å². The van der Waals surface area contributed by atoms with Gasteiger partial charge >= 0.3 is 0 Å². The largest absolute Gasteiger partial charge is 0.384 e. The van der Waals surface area contributed by atoms with E-state index in [9.17, 15) is 0 Å². The van der Waals surface area contributed by atoms with Crippen LogP contribution in [0.2, 0.25) is 0 Å². The fourth-order valence-corrected chi connectivity index (χ4v) is 1.77. The van der Waals surface area contributed by atoms with E-state index >= 15 is 0 Å². The Hall–Kier alpha value is 0.270. The molecule has 0 rings (SSSR count). The summed E-state index contributed by atoms with van der Waals surface area (Å²) in [5, 5.41) is 3.32. The van der Waals surface area contributed by atoms with Gasteiger partial charge in [-0.1, -0.05) is 6.92 Å². The first-order valence-corrected chi connectivity index (χ1v) is 5.84. The number of unbranched alkanes of at least 4 members (excludes halogenated alkanes) is 1. The van der Waals surface area contributed by atoms with Crippen molar-refractivity contribution in [1.29, 1.82) is 0 Å². The number of methoxy groups -OCH3 is 1. The molecular weight excluding hydrogens is 170 g/mol. The number of hydrogen-bond donors (Lipinski definition) is 1. The molecule has 0 aliphatic rings. The maximum Gasteiger partial charge on any atom is 0.0552 e. The molecule has 0 aliphatic carbocycles. The van der Waals surface area contributed by atoms with Crippen molar-refractivity contribution in [3.8, 4) is 0 Å². The van der Waals surface area contributed by atoms with Crippen LogP contribution in [0, 0.1) is 0 Å². The summed E-state index contributed by atoms with van der Waals surface area (Å²) >= 11 is 1.98. The minimum Gasteiger partial charge on any atom is -0.384 e. The Bertz CT molecular complexity index is 70.9. The van der Waals surface area contributed by atoms with E-state index in [1.54, 1.807) is 7.11 Å². The van der Waals surface area contributed by atoms with E-state index in [0.717, 1.165) is 18.9 Å². The molecule has 0 heterocycles. The number of rotatable bonds is 9. The molecule has 2 nitrogen and oxygen atoms in total. The maximum atomic E-state index is 4.95. The summed E-state index contributed by atoms with van der Waals surface area (Å²) in [5.74, 6) is 2.41. The molecule has 0 bridgehead atoms. The van der Waals surface area contributed by atoms with Gasteiger partial charge in [0.25, 0.3) is 0 Å². The lowest BCUT2D eigenvalue weighted by molar-refractivity contribution is 0.218. The first kappa shape index (κ1) is 12.3. The lowest BCUT2D eigenvalue weighted by Gasteiger charge is -2.01. The molecule has 0 aromatic heterocycles. The molecule has 0 fully saturated rings. The lowest BCUT2D eigenvalue weighted by Crippen LogP contribution is -2.13. The van der Waals surface area contributed by atoms with E-state index in [1.165, 1.54) is 25.1 Å². The van der Waals surface area contributed by atoms with Gasteiger partial charge in [0.2, 0.25) is 0 Å². The summed E-state index contributed by atoms with van der Waals surface area (Å²) in [7, 11) is 1.76. The number of hydrogen-bond acceptors (Lipinski definition) is 3. The summed E-state index contributed by atoms with van der Waals surface area (Å²) in [6.45, 7) is 5.30. The van der Waals surface area contributed by atoms with E-state index in [2.05, 4.69) is 12.2 Å². The Morgan fingerprint density at radius 2 is 2.08 bits per heavy atom. The van der Waals surface area contributed by atoms with Crippen molar-refractivity contribution in [2.75, 3.05) is 38.3 Å². The van der Waals surface area contributed by atoms with Crippen molar-refractivity contribution in [1.82, 2.24) is 5.32 Å². The highest BCUT2D eigenvalue weighted by Crippen LogP contribution is 2.03. The Balaban J connectivity index is 2.73. The molecule has 0 radical (unpaired) electrons. The molecule has 0 aromatic rings. The van der Waals surface area contributed by atoms with E-state index < -0.39 is 0 Å². The summed E-state index contributed by atoms with van der Waals surface area (Å²) in [6, 6.07) is 0. The van der Waals surface area contributed by atoms with Gasteiger partial charge in [0, 0.05) is 12.9 Å². The van der Waals surface area contributed by atoms with Crippen LogP contribution in [0.3, 0.4) is 0 Å². The number of thioether (sulfide) groups is 1. The quantitative estimate of drug-likeness (QED) is 0.561. The number of nitrogens with one attached hydrogen (secondary N) is 1. The third-order valence-corrected chi connectivity index (χ3v) is 2.61. The third-order valence-electron chi connectivity index (χ3n) is 1.57. The Labute approximate surface area is 80.4 Å². The maximum absolute atomic E-state index is 4.95. The Morgan fingerprint density at radius 1 is 1.25 bits per heavy atom. The van der Waals surface area contributed by atoms with Crippen molar-refractivity contribution in [2.24, 2.45) is 0 Å². The van der Waals surface area contributed by atoms with Crippen molar-refractivity contribution < 1.29 is 4.74 Å². The fourth-order valence-electron chi connectivity index (χ4n) is 0.875. The molecule has 0 amide bonds. The van der Waals surface area contributed by atoms with Gasteiger partial charge in [-0.15, -0.1) is 0 Å². The molecule has 0 saturated carbocycles. The minimum absolute atomic E-state index is 0.887. The van der Waals surface area contributed by atoms with Crippen LogP contribution in [0.25, 0.3) is 0 Å². The van der Waals surface area contributed by atoms with Gasteiger partial charge in [-0.2, -0.15) is 11.8 Å². The SMILES string of the molecule is CCNCCCCSCCOC. The van der Waals surface area contributed by atoms with E-state index in [4.69, 9.17) is 4.74 Å². The molecule has 0 aliphatic heterocycles. The normalized spacial score (nSPS) is 10.5. The standard InChI is InChI=1S/C9H21NOS/c1-3-10-6-4-5-8-12-9-7-11-2/h10H,3-9H2,1-2H3. The van der Waals surface area contributed by atoms with Crippen LogP contribution >= 0.6 is 11.8 Å². The molecule has 0 saturated heterocycles. The predicted molar refractivity (Wildman–Crippen MR) is 57.0 cm³/mol. The van der Waals surface area contributed by atoms with Crippen LogP contribution < -0.4 is 5.32 Å².